The van der Waals surface area contributed by atoms with Crippen LogP contribution in [0.4, 0.5) is 0 Å². The number of carbonyl (C=O) groups is 1. The van der Waals surface area contributed by atoms with Gasteiger partial charge >= 0.3 is 0 Å². The number of aromatic nitrogens is 1. The Morgan fingerprint density at radius 1 is 1.27 bits per heavy atom. The lowest BCUT2D eigenvalue weighted by Gasteiger charge is -2.30. The average molecular weight is 304 g/mol. The molecule has 0 unspecified atom stereocenters. The summed E-state index contributed by atoms with van der Waals surface area (Å²) in [6, 6.07) is 4.21. The molecule has 0 radical (unpaired) electrons. The van der Waals surface area contributed by atoms with E-state index in [4.69, 9.17) is 4.74 Å². The molecule has 4 nitrogen and oxygen atoms in total. The second-order valence-corrected chi connectivity index (χ2v) is 6.09. The Bertz CT molecular complexity index is 436. The summed E-state index contributed by atoms with van der Waals surface area (Å²) in [6.07, 6.45) is 12.0. The molecule has 4 heteroatoms. The highest BCUT2D eigenvalue weighted by atomic mass is 16.5. The van der Waals surface area contributed by atoms with Crippen LogP contribution < -0.4 is 5.32 Å². The molecule has 0 saturated carbocycles. The van der Waals surface area contributed by atoms with Gasteiger partial charge < -0.3 is 10.1 Å². The standard InChI is InChI=1S/C18H28N2O2/c1-2-3-4-5-6-7-18(21)20-16-10-13-22-17(14-16)15-8-11-19-12-9-15/h8-9,11-12,16-17H,2-7,10,13-14H2,1H3,(H,20,21)/t16-,17-/m1/s1. The van der Waals surface area contributed by atoms with E-state index in [9.17, 15) is 4.79 Å². The summed E-state index contributed by atoms with van der Waals surface area (Å²) >= 11 is 0. The van der Waals surface area contributed by atoms with Crippen LogP contribution in [0, 0.1) is 0 Å². The molecular weight excluding hydrogens is 276 g/mol. The van der Waals surface area contributed by atoms with Crippen LogP contribution in [0.1, 0.15) is 70.0 Å². The molecule has 2 heterocycles. The molecule has 0 spiro atoms. The Kier molecular flexibility index (Phi) is 7.37. The zero-order valence-corrected chi connectivity index (χ0v) is 13.6. The average Bonchev–Trinajstić information content (AvgIpc) is 2.56. The van der Waals surface area contributed by atoms with E-state index in [2.05, 4.69) is 17.2 Å². The summed E-state index contributed by atoms with van der Waals surface area (Å²) in [5, 5.41) is 3.17. The normalized spacial score (nSPS) is 21.5. The summed E-state index contributed by atoms with van der Waals surface area (Å²) in [6.45, 7) is 2.91. The van der Waals surface area contributed by atoms with E-state index in [0.29, 0.717) is 13.0 Å². The zero-order valence-electron chi connectivity index (χ0n) is 13.6. The van der Waals surface area contributed by atoms with E-state index in [1.807, 2.05) is 12.1 Å². The predicted molar refractivity (Wildman–Crippen MR) is 87.5 cm³/mol. The minimum atomic E-state index is 0.0756. The molecule has 0 aliphatic carbocycles. The van der Waals surface area contributed by atoms with Gasteiger partial charge in [0.1, 0.15) is 0 Å². The quantitative estimate of drug-likeness (QED) is 0.744. The highest BCUT2D eigenvalue weighted by Gasteiger charge is 2.24. The van der Waals surface area contributed by atoms with Crippen molar-refractivity contribution in [3.05, 3.63) is 30.1 Å². The molecule has 2 rings (SSSR count). The van der Waals surface area contributed by atoms with Gasteiger partial charge in [-0.25, -0.2) is 0 Å². The van der Waals surface area contributed by atoms with Gasteiger partial charge in [-0.15, -0.1) is 0 Å². The Labute approximate surface area is 133 Å². The van der Waals surface area contributed by atoms with Crippen molar-refractivity contribution in [1.82, 2.24) is 10.3 Å². The van der Waals surface area contributed by atoms with Crippen molar-refractivity contribution in [3.63, 3.8) is 0 Å². The lowest BCUT2D eigenvalue weighted by Crippen LogP contribution is -2.39. The van der Waals surface area contributed by atoms with E-state index in [0.717, 1.165) is 31.2 Å². The molecule has 2 atom stereocenters. The highest BCUT2D eigenvalue weighted by Crippen LogP contribution is 2.27. The van der Waals surface area contributed by atoms with E-state index in [1.54, 1.807) is 12.4 Å². The van der Waals surface area contributed by atoms with Gasteiger partial charge in [-0.1, -0.05) is 32.6 Å². The first-order valence-corrected chi connectivity index (χ1v) is 8.60. The highest BCUT2D eigenvalue weighted by molar-refractivity contribution is 5.76. The molecule has 1 saturated heterocycles. The van der Waals surface area contributed by atoms with Crippen LogP contribution >= 0.6 is 0 Å². The Balaban J connectivity index is 1.70. The first kappa shape index (κ1) is 16.9. The van der Waals surface area contributed by atoms with Gasteiger partial charge in [0.05, 0.1) is 6.10 Å². The summed E-state index contributed by atoms with van der Waals surface area (Å²) in [4.78, 5) is 16.1. The van der Waals surface area contributed by atoms with E-state index < -0.39 is 0 Å². The first-order chi connectivity index (χ1) is 10.8. The van der Waals surface area contributed by atoms with E-state index >= 15 is 0 Å². The van der Waals surface area contributed by atoms with Crippen molar-refractivity contribution in [2.24, 2.45) is 0 Å². The second kappa shape index (κ2) is 9.57. The van der Waals surface area contributed by atoms with Crippen LogP contribution in [-0.4, -0.2) is 23.5 Å². The largest absolute Gasteiger partial charge is 0.373 e. The van der Waals surface area contributed by atoms with E-state index in [-0.39, 0.29) is 18.1 Å². The number of amides is 1. The van der Waals surface area contributed by atoms with Crippen LogP contribution in [0.15, 0.2) is 24.5 Å². The third-order valence-corrected chi connectivity index (χ3v) is 4.23. The molecule has 1 aliphatic rings. The van der Waals surface area contributed by atoms with Crippen LogP contribution in [0.2, 0.25) is 0 Å². The van der Waals surface area contributed by atoms with Gasteiger partial charge in [0.15, 0.2) is 0 Å². The summed E-state index contributed by atoms with van der Waals surface area (Å²) in [5.74, 6) is 0.192. The topological polar surface area (TPSA) is 51.2 Å². The lowest BCUT2D eigenvalue weighted by molar-refractivity contribution is -0.123. The molecular formula is C18H28N2O2. The molecule has 1 aromatic rings. The van der Waals surface area contributed by atoms with Gasteiger partial charge in [-0.2, -0.15) is 0 Å². The van der Waals surface area contributed by atoms with Gasteiger partial charge in [0, 0.05) is 31.5 Å². The first-order valence-electron chi connectivity index (χ1n) is 8.60. The number of pyridine rings is 1. The van der Waals surface area contributed by atoms with Crippen molar-refractivity contribution in [2.75, 3.05) is 6.61 Å². The molecule has 122 valence electrons. The van der Waals surface area contributed by atoms with Crippen LogP contribution in [0.5, 0.6) is 0 Å². The minimum Gasteiger partial charge on any atom is -0.373 e. The van der Waals surface area contributed by atoms with Gasteiger partial charge in [-0.05, 0) is 37.0 Å². The molecule has 1 aliphatic heterocycles. The second-order valence-electron chi connectivity index (χ2n) is 6.09. The van der Waals surface area contributed by atoms with Gasteiger partial charge in [0.2, 0.25) is 5.91 Å². The number of hydrogen-bond donors (Lipinski definition) is 1. The number of carbonyl (C=O) groups excluding carboxylic acids is 1. The number of rotatable bonds is 8. The zero-order chi connectivity index (χ0) is 15.6. The number of nitrogens with zero attached hydrogens (tertiary/aromatic N) is 1. The van der Waals surface area contributed by atoms with Crippen molar-refractivity contribution in [2.45, 2.75) is 70.4 Å². The molecule has 0 aromatic carbocycles. The third-order valence-electron chi connectivity index (χ3n) is 4.23. The smallest absolute Gasteiger partial charge is 0.220 e. The van der Waals surface area contributed by atoms with Crippen molar-refractivity contribution in [3.8, 4) is 0 Å². The molecule has 1 aromatic heterocycles. The number of hydrogen-bond acceptors (Lipinski definition) is 3. The Morgan fingerprint density at radius 2 is 2.05 bits per heavy atom. The van der Waals surface area contributed by atoms with Crippen LogP contribution in [-0.2, 0) is 9.53 Å². The maximum Gasteiger partial charge on any atom is 0.220 e. The number of nitrogens with one attached hydrogen (secondary N) is 1. The third kappa shape index (κ3) is 5.76. The lowest BCUT2D eigenvalue weighted by atomic mass is 9.98. The Hall–Kier alpha value is -1.42. The van der Waals surface area contributed by atoms with Gasteiger partial charge in [0.25, 0.3) is 0 Å². The monoisotopic (exact) mass is 304 g/mol. The van der Waals surface area contributed by atoms with Crippen LogP contribution in [0.25, 0.3) is 0 Å². The van der Waals surface area contributed by atoms with Crippen LogP contribution in [0.3, 0.4) is 0 Å². The minimum absolute atomic E-state index is 0.0756. The summed E-state index contributed by atoms with van der Waals surface area (Å²) in [7, 11) is 0. The van der Waals surface area contributed by atoms with Crippen molar-refractivity contribution >= 4 is 5.91 Å². The van der Waals surface area contributed by atoms with Crippen molar-refractivity contribution < 1.29 is 9.53 Å². The maximum atomic E-state index is 12.0. The predicted octanol–water partition coefficient (Wildman–Crippen LogP) is 3.78. The molecule has 1 amide bonds. The fourth-order valence-corrected chi connectivity index (χ4v) is 2.93. The molecule has 1 fully saturated rings. The van der Waals surface area contributed by atoms with Crippen molar-refractivity contribution in [1.29, 1.82) is 0 Å². The SMILES string of the molecule is CCCCCCCC(=O)N[C@@H]1CCO[C@@H](c2ccncc2)C1. The number of ether oxygens (including phenoxy) is 1. The molecule has 1 N–H and O–H groups in total. The Morgan fingerprint density at radius 3 is 2.82 bits per heavy atom. The molecule has 22 heavy (non-hydrogen) atoms. The maximum absolute atomic E-state index is 12.0. The van der Waals surface area contributed by atoms with E-state index in [1.165, 1.54) is 19.3 Å². The fourth-order valence-electron chi connectivity index (χ4n) is 2.93. The fraction of sp³-hybridized carbons (Fsp3) is 0.667. The van der Waals surface area contributed by atoms with Gasteiger partial charge in [-0.3, -0.25) is 9.78 Å². The summed E-state index contributed by atoms with van der Waals surface area (Å²) in [5.41, 5.74) is 1.15. The molecule has 0 bridgehead atoms. The number of unbranched alkanes of at least 4 members (excludes halogenated alkanes) is 4. The summed E-state index contributed by atoms with van der Waals surface area (Å²) < 4.78 is 5.82.